The molecule has 1 unspecified atom stereocenters. The summed E-state index contributed by atoms with van der Waals surface area (Å²) < 4.78 is 0. The number of nitrogens with zero attached hydrogens (tertiary/aromatic N) is 2. The van der Waals surface area contributed by atoms with Crippen LogP contribution >= 0.6 is 0 Å². The average molecular weight is 305 g/mol. The van der Waals surface area contributed by atoms with Gasteiger partial charge in [0.2, 0.25) is 5.91 Å². The Morgan fingerprint density at radius 3 is 2.52 bits per heavy atom. The van der Waals surface area contributed by atoms with Gasteiger partial charge in [-0.15, -0.1) is 0 Å². The number of benzene rings is 2. The van der Waals surface area contributed by atoms with Crippen LogP contribution in [0.1, 0.15) is 17.2 Å². The van der Waals surface area contributed by atoms with E-state index in [0.29, 0.717) is 6.54 Å². The van der Waals surface area contributed by atoms with E-state index in [1.807, 2.05) is 72.6 Å². The highest BCUT2D eigenvalue weighted by molar-refractivity contribution is 5.83. The van der Waals surface area contributed by atoms with Crippen LogP contribution in [0.5, 0.6) is 0 Å². The van der Waals surface area contributed by atoms with Crippen molar-refractivity contribution in [3.63, 3.8) is 0 Å². The van der Waals surface area contributed by atoms with Crippen LogP contribution in [0.4, 0.5) is 0 Å². The summed E-state index contributed by atoms with van der Waals surface area (Å²) in [7, 11) is 1.91. The van der Waals surface area contributed by atoms with Gasteiger partial charge in [0.15, 0.2) is 0 Å². The quantitative estimate of drug-likeness (QED) is 0.788. The molecule has 0 saturated heterocycles. The lowest BCUT2D eigenvalue weighted by molar-refractivity contribution is -0.123. The molecule has 23 heavy (non-hydrogen) atoms. The van der Waals surface area contributed by atoms with Gasteiger partial charge in [-0.2, -0.15) is 0 Å². The number of hydrogen-bond acceptors (Lipinski definition) is 3. The van der Waals surface area contributed by atoms with Crippen molar-refractivity contribution in [1.29, 1.82) is 0 Å². The minimum Gasteiger partial charge on any atom is -0.368 e. The first-order valence-corrected chi connectivity index (χ1v) is 7.54. The molecule has 0 aliphatic rings. The van der Waals surface area contributed by atoms with Crippen LogP contribution in [0.15, 0.2) is 66.9 Å². The van der Waals surface area contributed by atoms with Crippen LogP contribution in [0.25, 0.3) is 10.9 Å². The number of amides is 1. The van der Waals surface area contributed by atoms with E-state index in [1.54, 1.807) is 6.20 Å². The van der Waals surface area contributed by atoms with E-state index in [4.69, 9.17) is 5.73 Å². The molecule has 4 heteroatoms. The van der Waals surface area contributed by atoms with Crippen LogP contribution in [-0.2, 0) is 11.3 Å². The number of aromatic nitrogens is 1. The van der Waals surface area contributed by atoms with Crippen LogP contribution < -0.4 is 5.73 Å². The molecule has 0 bridgehead atoms. The van der Waals surface area contributed by atoms with Crippen molar-refractivity contribution in [1.82, 2.24) is 9.88 Å². The van der Waals surface area contributed by atoms with Gasteiger partial charge in [0.25, 0.3) is 0 Å². The standard InChI is InChI=1S/C19H19N3O/c1-22(18(19(20)23)14-7-3-2-4-8-14)13-15-11-12-21-17-10-6-5-9-16(15)17/h2-12,18H,13H2,1H3,(H2,20,23). The van der Waals surface area contributed by atoms with E-state index in [2.05, 4.69) is 4.98 Å². The number of pyridine rings is 1. The number of para-hydroxylation sites is 1. The predicted octanol–water partition coefficient (Wildman–Crippen LogP) is 2.89. The van der Waals surface area contributed by atoms with Crippen LogP contribution in [0, 0.1) is 0 Å². The van der Waals surface area contributed by atoms with Gasteiger partial charge in [0.1, 0.15) is 6.04 Å². The van der Waals surface area contributed by atoms with Crippen molar-refractivity contribution in [2.75, 3.05) is 7.05 Å². The Hall–Kier alpha value is -2.72. The molecular weight excluding hydrogens is 286 g/mol. The first kappa shape index (κ1) is 15.2. The maximum Gasteiger partial charge on any atom is 0.239 e. The molecule has 1 amide bonds. The second-order valence-corrected chi connectivity index (χ2v) is 5.62. The highest BCUT2D eigenvalue weighted by Crippen LogP contribution is 2.23. The van der Waals surface area contributed by atoms with Crippen LogP contribution in [-0.4, -0.2) is 22.8 Å². The lowest BCUT2D eigenvalue weighted by Gasteiger charge is -2.26. The monoisotopic (exact) mass is 305 g/mol. The van der Waals surface area contributed by atoms with Crippen molar-refractivity contribution < 1.29 is 4.79 Å². The number of primary amides is 1. The molecule has 0 fully saturated rings. The molecule has 4 nitrogen and oxygen atoms in total. The number of rotatable bonds is 5. The van der Waals surface area contributed by atoms with E-state index in [9.17, 15) is 4.79 Å². The zero-order valence-corrected chi connectivity index (χ0v) is 13.0. The molecule has 1 aromatic heterocycles. The smallest absolute Gasteiger partial charge is 0.239 e. The van der Waals surface area contributed by atoms with Gasteiger partial charge < -0.3 is 5.73 Å². The molecule has 0 aliphatic carbocycles. The van der Waals surface area contributed by atoms with Gasteiger partial charge in [-0.1, -0.05) is 48.5 Å². The molecule has 0 aliphatic heterocycles. The summed E-state index contributed by atoms with van der Waals surface area (Å²) in [6, 6.07) is 19.2. The summed E-state index contributed by atoms with van der Waals surface area (Å²) in [6.07, 6.45) is 1.80. The van der Waals surface area contributed by atoms with Crippen LogP contribution in [0.3, 0.4) is 0 Å². The average Bonchev–Trinajstić information content (AvgIpc) is 2.56. The Kier molecular flexibility index (Phi) is 4.35. The Morgan fingerprint density at radius 2 is 1.78 bits per heavy atom. The second kappa shape index (κ2) is 6.58. The van der Waals surface area contributed by atoms with Crippen molar-refractivity contribution >= 4 is 16.8 Å². The summed E-state index contributed by atoms with van der Waals surface area (Å²) in [5, 5.41) is 1.10. The summed E-state index contributed by atoms with van der Waals surface area (Å²) in [5.74, 6) is -0.350. The number of hydrogen-bond donors (Lipinski definition) is 1. The Balaban J connectivity index is 1.92. The van der Waals surface area contributed by atoms with E-state index < -0.39 is 6.04 Å². The Bertz CT molecular complexity index is 812. The SMILES string of the molecule is CN(Cc1ccnc2ccccc12)C(C(N)=O)c1ccccc1. The maximum atomic E-state index is 12.0. The fraction of sp³-hybridized carbons (Fsp3) is 0.158. The summed E-state index contributed by atoms with van der Waals surface area (Å²) in [4.78, 5) is 18.3. The van der Waals surface area contributed by atoms with E-state index >= 15 is 0 Å². The normalized spacial score (nSPS) is 12.4. The minimum atomic E-state index is -0.455. The second-order valence-electron chi connectivity index (χ2n) is 5.62. The zero-order chi connectivity index (χ0) is 16.2. The van der Waals surface area contributed by atoms with E-state index in [1.165, 1.54) is 0 Å². The van der Waals surface area contributed by atoms with Crippen molar-refractivity contribution in [2.24, 2.45) is 5.73 Å². The van der Waals surface area contributed by atoms with Gasteiger partial charge >= 0.3 is 0 Å². The molecule has 116 valence electrons. The molecule has 0 saturated carbocycles. The van der Waals surface area contributed by atoms with E-state index in [-0.39, 0.29) is 5.91 Å². The van der Waals surface area contributed by atoms with Crippen molar-refractivity contribution in [2.45, 2.75) is 12.6 Å². The highest BCUT2D eigenvalue weighted by Gasteiger charge is 2.23. The van der Waals surface area contributed by atoms with Crippen LogP contribution in [0.2, 0.25) is 0 Å². The predicted molar refractivity (Wildman–Crippen MR) is 91.6 cm³/mol. The third kappa shape index (κ3) is 3.22. The third-order valence-corrected chi connectivity index (χ3v) is 3.98. The van der Waals surface area contributed by atoms with Gasteiger partial charge in [0, 0.05) is 18.1 Å². The topological polar surface area (TPSA) is 59.2 Å². The molecule has 3 aromatic rings. The number of carbonyl (C=O) groups excluding carboxylic acids is 1. The van der Waals surface area contributed by atoms with Crippen molar-refractivity contribution in [3.05, 3.63) is 78.0 Å². The number of nitrogens with two attached hydrogens (primary N) is 1. The first-order chi connectivity index (χ1) is 11.2. The maximum absolute atomic E-state index is 12.0. The summed E-state index contributed by atoms with van der Waals surface area (Å²) in [5.41, 5.74) is 8.62. The molecule has 1 heterocycles. The van der Waals surface area contributed by atoms with Gasteiger partial charge in [-0.05, 0) is 30.3 Å². The molecule has 2 N–H and O–H groups in total. The summed E-state index contributed by atoms with van der Waals surface area (Å²) in [6.45, 7) is 0.617. The molecular formula is C19H19N3O. The zero-order valence-electron chi connectivity index (χ0n) is 13.0. The fourth-order valence-corrected chi connectivity index (χ4v) is 2.92. The Morgan fingerprint density at radius 1 is 1.09 bits per heavy atom. The number of likely N-dealkylation sites (N-methyl/N-ethyl adjacent to an activating group) is 1. The lowest BCUT2D eigenvalue weighted by Crippen LogP contribution is -2.35. The molecule has 1 atom stereocenters. The van der Waals surface area contributed by atoms with Gasteiger partial charge in [-0.3, -0.25) is 14.7 Å². The molecule has 3 rings (SSSR count). The number of carbonyl (C=O) groups is 1. The summed E-state index contributed by atoms with van der Waals surface area (Å²) >= 11 is 0. The highest BCUT2D eigenvalue weighted by atomic mass is 16.1. The first-order valence-electron chi connectivity index (χ1n) is 7.54. The van der Waals surface area contributed by atoms with Gasteiger partial charge in [-0.25, -0.2) is 0 Å². The molecule has 0 radical (unpaired) electrons. The van der Waals surface area contributed by atoms with E-state index in [0.717, 1.165) is 22.0 Å². The van der Waals surface area contributed by atoms with Gasteiger partial charge in [0.05, 0.1) is 5.52 Å². The molecule has 2 aromatic carbocycles. The third-order valence-electron chi connectivity index (χ3n) is 3.98. The fourth-order valence-electron chi connectivity index (χ4n) is 2.92. The lowest BCUT2D eigenvalue weighted by atomic mass is 10.0. The Labute approximate surface area is 135 Å². The minimum absolute atomic E-state index is 0.350. The largest absolute Gasteiger partial charge is 0.368 e. The molecule has 0 spiro atoms. The number of fused-ring (bicyclic) bond motifs is 1. The van der Waals surface area contributed by atoms with Crippen molar-refractivity contribution in [3.8, 4) is 0 Å².